The number of nitrogens with one attached hydrogen (secondary N) is 2. The van der Waals surface area contributed by atoms with Gasteiger partial charge in [-0.15, -0.1) is 0 Å². The van der Waals surface area contributed by atoms with Gasteiger partial charge in [0.15, 0.2) is 5.96 Å². The lowest BCUT2D eigenvalue weighted by Crippen LogP contribution is -2.38. The van der Waals surface area contributed by atoms with Gasteiger partial charge >= 0.3 is 0 Å². The topological polar surface area (TPSA) is 64.1 Å². The number of ether oxygens (including phenoxy) is 3. The molecule has 0 atom stereocenters. The summed E-state index contributed by atoms with van der Waals surface area (Å²) >= 11 is 0. The van der Waals surface area contributed by atoms with Gasteiger partial charge in [-0.2, -0.15) is 0 Å². The molecule has 3 rings (SSSR count). The van der Waals surface area contributed by atoms with E-state index >= 15 is 0 Å². The van der Waals surface area contributed by atoms with Crippen molar-refractivity contribution < 1.29 is 14.2 Å². The van der Waals surface area contributed by atoms with E-state index in [0.29, 0.717) is 6.10 Å². The number of aliphatic imine (C=N–C) groups is 1. The van der Waals surface area contributed by atoms with Crippen molar-refractivity contribution in [2.75, 3.05) is 46.1 Å². The van der Waals surface area contributed by atoms with Gasteiger partial charge in [-0.1, -0.05) is 12.1 Å². The van der Waals surface area contributed by atoms with Crippen LogP contribution in [0.3, 0.4) is 0 Å². The highest BCUT2D eigenvalue weighted by Crippen LogP contribution is 2.25. The van der Waals surface area contributed by atoms with Crippen LogP contribution in [0.25, 0.3) is 0 Å². The Hall–Kier alpha value is -1.79. The Morgan fingerprint density at radius 2 is 2.11 bits per heavy atom. The van der Waals surface area contributed by atoms with Crippen molar-refractivity contribution in [1.29, 1.82) is 0 Å². The van der Waals surface area contributed by atoms with Gasteiger partial charge in [0.25, 0.3) is 0 Å². The van der Waals surface area contributed by atoms with Crippen molar-refractivity contribution in [3.63, 3.8) is 0 Å². The van der Waals surface area contributed by atoms with Gasteiger partial charge in [-0.25, -0.2) is 0 Å². The van der Waals surface area contributed by atoms with Crippen molar-refractivity contribution in [3.8, 4) is 5.75 Å². The van der Waals surface area contributed by atoms with Crippen LogP contribution in [-0.4, -0.2) is 58.1 Å². The van der Waals surface area contributed by atoms with Gasteiger partial charge in [-0.3, -0.25) is 4.99 Å². The second kappa shape index (κ2) is 11.1. The number of fused-ring (bicyclic) bond motifs is 1. The Morgan fingerprint density at radius 3 is 2.96 bits per heavy atom. The molecule has 1 aromatic rings. The molecule has 0 amide bonds. The van der Waals surface area contributed by atoms with Gasteiger partial charge in [-0.05, 0) is 49.8 Å². The zero-order valence-corrected chi connectivity index (χ0v) is 16.5. The van der Waals surface area contributed by atoms with Crippen LogP contribution >= 0.6 is 0 Å². The molecule has 0 spiro atoms. The summed E-state index contributed by atoms with van der Waals surface area (Å²) in [6, 6.07) is 6.51. The first-order valence-corrected chi connectivity index (χ1v) is 10.3. The van der Waals surface area contributed by atoms with E-state index in [2.05, 4.69) is 40.7 Å². The molecule has 150 valence electrons. The van der Waals surface area contributed by atoms with Crippen molar-refractivity contribution in [3.05, 3.63) is 29.3 Å². The minimum Gasteiger partial charge on any atom is -0.493 e. The maximum Gasteiger partial charge on any atom is 0.191 e. The summed E-state index contributed by atoms with van der Waals surface area (Å²) < 4.78 is 16.8. The Balaban J connectivity index is 1.34. The van der Waals surface area contributed by atoms with Gasteiger partial charge in [0.2, 0.25) is 0 Å². The molecule has 0 aliphatic carbocycles. The maximum atomic E-state index is 5.90. The lowest BCUT2D eigenvalue weighted by molar-refractivity contribution is -0.0318. The van der Waals surface area contributed by atoms with Gasteiger partial charge < -0.3 is 24.8 Å². The van der Waals surface area contributed by atoms with E-state index in [4.69, 9.17) is 14.2 Å². The smallest absolute Gasteiger partial charge is 0.191 e. The fourth-order valence-corrected chi connectivity index (χ4v) is 3.41. The lowest BCUT2D eigenvalue weighted by atomic mass is 10.1. The Morgan fingerprint density at radius 1 is 1.22 bits per heavy atom. The molecular formula is C21H33N3O3. The molecule has 2 heterocycles. The molecule has 1 saturated heterocycles. The molecule has 2 N–H and O–H groups in total. The predicted octanol–water partition coefficient (Wildman–Crippen LogP) is 2.30. The first-order valence-electron chi connectivity index (χ1n) is 10.3. The predicted molar refractivity (Wildman–Crippen MR) is 108 cm³/mol. The highest BCUT2D eigenvalue weighted by Gasteiger charge is 2.13. The average molecular weight is 376 g/mol. The first kappa shape index (κ1) is 20.0. The fourth-order valence-electron chi connectivity index (χ4n) is 3.41. The van der Waals surface area contributed by atoms with E-state index in [-0.39, 0.29) is 0 Å². The van der Waals surface area contributed by atoms with Crippen LogP contribution in [0.4, 0.5) is 0 Å². The molecule has 1 fully saturated rings. The molecule has 1 aromatic carbocycles. The minimum atomic E-state index is 0.367. The number of hydrogen-bond acceptors (Lipinski definition) is 4. The van der Waals surface area contributed by atoms with Gasteiger partial charge in [0, 0.05) is 45.9 Å². The molecule has 0 aromatic heterocycles. The summed E-state index contributed by atoms with van der Waals surface area (Å²) in [4.78, 5) is 4.65. The Bertz CT molecular complexity index is 600. The molecular weight excluding hydrogens is 342 g/mol. The summed E-state index contributed by atoms with van der Waals surface area (Å²) in [5.74, 6) is 1.93. The van der Waals surface area contributed by atoms with Crippen molar-refractivity contribution in [2.45, 2.75) is 45.1 Å². The highest BCUT2D eigenvalue weighted by molar-refractivity contribution is 5.79. The van der Waals surface area contributed by atoms with E-state index in [1.165, 1.54) is 11.1 Å². The summed E-state index contributed by atoms with van der Waals surface area (Å²) in [7, 11) is 0. The third-order valence-corrected chi connectivity index (χ3v) is 4.90. The standard InChI is InChI=1S/C21H33N3O3/c1-2-22-21(23-10-3-12-26-19-8-13-25-14-9-19)24-11-6-17-4-5-20-18(16-17)7-15-27-20/h4-5,16,19H,2-3,6-15H2,1H3,(H2,22,23,24). The molecule has 0 radical (unpaired) electrons. The molecule has 0 unspecified atom stereocenters. The number of hydrogen-bond donors (Lipinski definition) is 2. The molecule has 0 bridgehead atoms. The van der Waals surface area contributed by atoms with E-state index < -0.39 is 0 Å². The average Bonchev–Trinajstić information content (AvgIpc) is 3.16. The molecule has 6 nitrogen and oxygen atoms in total. The number of guanidine groups is 1. The number of rotatable bonds is 9. The van der Waals surface area contributed by atoms with Crippen LogP contribution in [0.5, 0.6) is 5.75 Å². The number of benzene rings is 1. The third kappa shape index (κ3) is 6.70. The summed E-state index contributed by atoms with van der Waals surface area (Å²) in [5, 5.41) is 6.74. The second-order valence-electron chi connectivity index (χ2n) is 7.01. The second-order valence-corrected chi connectivity index (χ2v) is 7.01. The zero-order valence-electron chi connectivity index (χ0n) is 16.5. The first-order chi connectivity index (χ1) is 13.3. The van der Waals surface area contributed by atoms with Crippen molar-refractivity contribution in [1.82, 2.24) is 10.6 Å². The third-order valence-electron chi connectivity index (χ3n) is 4.90. The van der Waals surface area contributed by atoms with Gasteiger partial charge in [0.05, 0.1) is 12.7 Å². The van der Waals surface area contributed by atoms with Crippen LogP contribution in [-0.2, 0) is 22.3 Å². The Labute approximate surface area is 162 Å². The lowest BCUT2D eigenvalue weighted by Gasteiger charge is -2.22. The molecule has 6 heteroatoms. The van der Waals surface area contributed by atoms with Crippen molar-refractivity contribution in [2.24, 2.45) is 4.99 Å². The minimum absolute atomic E-state index is 0.367. The molecule has 2 aliphatic rings. The SMILES string of the molecule is CCNC(=NCCCOC1CCOCC1)NCCc1ccc2c(c1)CCO2. The largest absolute Gasteiger partial charge is 0.493 e. The van der Waals surface area contributed by atoms with Crippen LogP contribution in [0.2, 0.25) is 0 Å². The highest BCUT2D eigenvalue weighted by atomic mass is 16.5. The molecule has 27 heavy (non-hydrogen) atoms. The molecule has 2 aliphatic heterocycles. The van der Waals surface area contributed by atoms with Crippen LogP contribution in [0.1, 0.15) is 37.3 Å². The monoisotopic (exact) mass is 375 g/mol. The number of nitrogens with zero attached hydrogens (tertiary/aromatic N) is 1. The molecule has 0 saturated carbocycles. The Kier molecular flexibility index (Phi) is 8.24. The van der Waals surface area contributed by atoms with Gasteiger partial charge in [0.1, 0.15) is 5.75 Å². The maximum absolute atomic E-state index is 5.90. The van der Waals surface area contributed by atoms with E-state index in [1.54, 1.807) is 0 Å². The van der Waals surface area contributed by atoms with E-state index in [9.17, 15) is 0 Å². The quantitative estimate of drug-likeness (QED) is 0.394. The normalized spacial score (nSPS) is 17.4. The van der Waals surface area contributed by atoms with E-state index in [1.807, 2.05) is 0 Å². The summed E-state index contributed by atoms with van der Waals surface area (Å²) in [6.45, 7) is 7.83. The van der Waals surface area contributed by atoms with E-state index in [0.717, 1.165) is 89.9 Å². The fraction of sp³-hybridized carbons (Fsp3) is 0.667. The van der Waals surface area contributed by atoms with Crippen LogP contribution < -0.4 is 15.4 Å². The van der Waals surface area contributed by atoms with Crippen LogP contribution in [0.15, 0.2) is 23.2 Å². The van der Waals surface area contributed by atoms with Crippen LogP contribution in [0, 0.1) is 0 Å². The van der Waals surface area contributed by atoms with Crippen molar-refractivity contribution >= 4 is 5.96 Å². The zero-order chi connectivity index (χ0) is 18.7. The summed E-state index contributed by atoms with van der Waals surface area (Å²) in [5.41, 5.74) is 2.67. The summed E-state index contributed by atoms with van der Waals surface area (Å²) in [6.07, 6.45) is 5.34.